The molecule has 4 aromatic rings. The topological polar surface area (TPSA) is 98.7 Å². The quantitative estimate of drug-likeness (QED) is 0.349. The second kappa shape index (κ2) is 10.7. The Morgan fingerprint density at radius 3 is 2.14 bits per heavy atom. The molecule has 36 heavy (non-hydrogen) atoms. The monoisotopic (exact) mass is 549 g/mol. The maximum absolute atomic E-state index is 13.7. The van der Waals surface area contributed by atoms with Crippen molar-refractivity contribution < 1.29 is 19.1 Å². The SMILES string of the molecule is COc1cc2c(CC(=O)Nc3ccccc3)c(=O)n(NC(=O)c3ccc(Br)cc3)c(C)c2cc1OC. The molecule has 0 atom stereocenters. The third-order valence-corrected chi connectivity index (χ3v) is 6.28. The lowest BCUT2D eigenvalue weighted by atomic mass is 10.0. The number of para-hydroxylation sites is 1. The molecule has 2 amide bonds. The standard InChI is InChI=1S/C27H24BrN3O5/c1-16-20-13-23(35-2)24(36-3)14-21(20)22(15-25(32)29-19-7-5-4-6-8-19)27(34)31(16)30-26(33)17-9-11-18(28)12-10-17/h4-14H,15H2,1-3H3,(H,29,32)(H,30,33). The Hall–Kier alpha value is -4.11. The van der Waals surface area contributed by atoms with Gasteiger partial charge in [0.25, 0.3) is 11.5 Å². The van der Waals surface area contributed by atoms with Gasteiger partial charge in [-0.05, 0) is 60.8 Å². The molecule has 0 aliphatic heterocycles. The minimum Gasteiger partial charge on any atom is -0.493 e. The fourth-order valence-electron chi connectivity index (χ4n) is 3.91. The Morgan fingerprint density at radius 2 is 1.53 bits per heavy atom. The molecule has 0 spiro atoms. The van der Waals surface area contributed by atoms with Crippen LogP contribution in [0, 0.1) is 6.92 Å². The maximum Gasteiger partial charge on any atom is 0.273 e. The predicted octanol–water partition coefficient (Wildman–Crippen LogP) is 4.65. The number of carbonyl (C=O) groups is 2. The van der Waals surface area contributed by atoms with E-state index in [4.69, 9.17) is 9.47 Å². The van der Waals surface area contributed by atoms with Crippen molar-refractivity contribution in [1.29, 1.82) is 0 Å². The molecule has 2 N–H and O–H groups in total. The summed E-state index contributed by atoms with van der Waals surface area (Å²) in [7, 11) is 3.01. The van der Waals surface area contributed by atoms with E-state index < -0.39 is 11.5 Å². The average Bonchev–Trinajstić information content (AvgIpc) is 2.89. The molecule has 0 fully saturated rings. The van der Waals surface area contributed by atoms with Gasteiger partial charge in [0.15, 0.2) is 11.5 Å². The second-order valence-electron chi connectivity index (χ2n) is 8.00. The summed E-state index contributed by atoms with van der Waals surface area (Å²) < 4.78 is 12.9. The fourth-order valence-corrected chi connectivity index (χ4v) is 4.18. The van der Waals surface area contributed by atoms with Crippen molar-refractivity contribution >= 4 is 44.2 Å². The number of ether oxygens (including phenoxy) is 2. The number of benzene rings is 3. The van der Waals surface area contributed by atoms with Crippen LogP contribution in [0.4, 0.5) is 5.69 Å². The third kappa shape index (κ3) is 5.11. The number of amides is 2. The lowest BCUT2D eigenvalue weighted by Crippen LogP contribution is -2.37. The van der Waals surface area contributed by atoms with E-state index in [2.05, 4.69) is 26.7 Å². The molecular weight excluding hydrogens is 526 g/mol. The van der Waals surface area contributed by atoms with Crippen molar-refractivity contribution in [3.8, 4) is 11.5 Å². The first-order valence-electron chi connectivity index (χ1n) is 11.0. The van der Waals surface area contributed by atoms with Crippen LogP contribution in [0.1, 0.15) is 21.6 Å². The zero-order valence-electron chi connectivity index (χ0n) is 19.9. The summed E-state index contributed by atoms with van der Waals surface area (Å²) in [5.74, 6) is 0.0404. The number of nitrogens with zero attached hydrogens (tertiary/aromatic N) is 1. The summed E-state index contributed by atoms with van der Waals surface area (Å²) in [4.78, 5) is 39.5. The van der Waals surface area contributed by atoms with Gasteiger partial charge in [0.1, 0.15) is 0 Å². The molecule has 0 radical (unpaired) electrons. The van der Waals surface area contributed by atoms with Crippen LogP contribution in [-0.2, 0) is 11.2 Å². The highest BCUT2D eigenvalue weighted by molar-refractivity contribution is 9.10. The summed E-state index contributed by atoms with van der Waals surface area (Å²) in [5, 5.41) is 3.97. The van der Waals surface area contributed by atoms with Crippen molar-refractivity contribution in [3.63, 3.8) is 0 Å². The van der Waals surface area contributed by atoms with Crippen molar-refractivity contribution in [1.82, 2.24) is 4.68 Å². The first-order chi connectivity index (χ1) is 17.3. The van der Waals surface area contributed by atoms with Gasteiger partial charge in [-0.2, -0.15) is 0 Å². The molecule has 184 valence electrons. The number of methoxy groups -OCH3 is 2. The molecular formula is C27H24BrN3O5. The summed E-state index contributed by atoms with van der Waals surface area (Å²) in [6.45, 7) is 1.71. The number of hydrogen-bond donors (Lipinski definition) is 2. The molecule has 4 rings (SSSR count). The van der Waals surface area contributed by atoms with E-state index >= 15 is 0 Å². The predicted molar refractivity (Wildman–Crippen MR) is 143 cm³/mol. The highest BCUT2D eigenvalue weighted by Crippen LogP contribution is 2.34. The third-order valence-electron chi connectivity index (χ3n) is 5.75. The summed E-state index contributed by atoms with van der Waals surface area (Å²) in [5.41, 5.74) is 3.85. The van der Waals surface area contributed by atoms with E-state index in [1.165, 1.54) is 18.9 Å². The van der Waals surface area contributed by atoms with Gasteiger partial charge in [-0.15, -0.1) is 0 Å². The van der Waals surface area contributed by atoms with Crippen LogP contribution >= 0.6 is 15.9 Å². The molecule has 0 saturated heterocycles. The van der Waals surface area contributed by atoms with Crippen molar-refractivity contribution in [2.24, 2.45) is 0 Å². The Balaban J connectivity index is 1.83. The highest BCUT2D eigenvalue weighted by atomic mass is 79.9. The lowest BCUT2D eigenvalue weighted by molar-refractivity contribution is -0.115. The van der Waals surface area contributed by atoms with Crippen LogP contribution in [0.3, 0.4) is 0 Å². The number of nitrogens with one attached hydrogen (secondary N) is 2. The zero-order chi connectivity index (χ0) is 25.8. The van der Waals surface area contributed by atoms with Crippen LogP contribution < -0.4 is 25.8 Å². The minimum absolute atomic E-state index is 0.209. The Bertz CT molecular complexity index is 1500. The van der Waals surface area contributed by atoms with E-state index in [0.717, 1.165) is 4.47 Å². The first kappa shape index (κ1) is 25.0. The maximum atomic E-state index is 13.7. The summed E-state index contributed by atoms with van der Waals surface area (Å²) in [6, 6.07) is 19.1. The van der Waals surface area contributed by atoms with Crippen LogP contribution in [0.15, 0.2) is 76.0 Å². The molecule has 9 heteroatoms. The largest absolute Gasteiger partial charge is 0.493 e. The first-order valence-corrected chi connectivity index (χ1v) is 11.8. The van der Waals surface area contributed by atoms with Gasteiger partial charge >= 0.3 is 0 Å². The van der Waals surface area contributed by atoms with E-state index in [9.17, 15) is 14.4 Å². The smallest absolute Gasteiger partial charge is 0.273 e. The number of carbonyl (C=O) groups excluding carboxylic acids is 2. The molecule has 3 aromatic carbocycles. The zero-order valence-corrected chi connectivity index (χ0v) is 21.5. The van der Waals surface area contributed by atoms with Crippen LogP contribution in [0.25, 0.3) is 10.8 Å². The number of anilines is 1. The molecule has 8 nitrogen and oxygen atoms in total. The number of halogens is 1. The van der Waals surface area contributed by atoms with Crippen LogP contribution in [0.5, 0.6) is 11.5 Å². The van der Waals surface area contributed by atoms with Crippen LogP contribution in [0.2, 0.25) is 0 Å². The van der Waals surface area contributed by atoms with Gasteiger partial charge < -0.3 is 14.8 Å². The fraction of sp³-hybridized carbons (Fsp3) is 0.148. The average molecular weight is 550 g/mol. The van der Waals surface area contributed by atoms with Gasteiger partial charge in [-0.1, -0.05) is 34.1 Å². The number of rotatable bonds is 7. The van der Waals surface area contributed by atoms with E-state index in [0.29, 0.717) is 39.2 Å². The second-order valence-corrected chi connectivity index (χ2v) is 8.91. The van der Waals surface area contributed by atoms with Gasteiger partial charge in [0.2, 0.25) is 5.91 Å². The number of fused-ring (bicyclic) bond motifs is 1. The van der Waals surface area contributed by atoms with Crippen molar-refractivity contribution in [2.45, 2.75) is 13.3 Å². The lowest BCUT2D eigenvalue weighted by Gasteiger charge is -2.19. The Labute approximate surface area is 215 Å². The van der Waals surface area contributed by atoms with E-state index in [1.54, 1.807) is 67.6 Å². The number of aryl methyl sites for hydroxylation is 1. The molecule has 0 bridgehead atoms. The molecule has 0 unspecified atom stereocenters. The van der Waals surface area contributed by atoms with Crippen LogP contribution in [-0.4, -0.2) is 30.7 Å². The number of pyridine rings is 1. The van der Waals surface area contributed by atoms with Gasteiger partial charge in [-0.3, -0.25) is 19.8 Å². The molecule has 0 saturated carbocycles. The van der Waals surface area contributed by atoms with E-state index in [-0.39, 0.29) is 17.9 Å². The van der Waals surface area contributed by atoms with Gasteiger partial charge in [0, 0.05) is 32.4 Å². The Morgan fingerprint density at radius 1 is 0.917 bits per heavy atom. The van der Waals surface area contributed by atoms with Gasteiger partial charge in [-0.25, -0.2) is 4.68 Å². The number of aromatic nitrogens is 1. The molecule has 0 aliphatic rings. The Kier molecular flexibility index (Phi) is 7.40. The minimum atomic E-state index is -0.513. The molecule has 0 aliphatic carbocycles. The highest BCUT2D eigenvalue weighted by Gasteiger charge is 2.21. The molecule has 1 aromatic heterocycles. The van der Waals surface area contributed by atoms with Gasteiger partial charge in [0.05, 0.1) is 20.6 Å². The van der Waals surface area contributed by atoms with Crippen molar-refractivity contribution in [3.05, 3.63) is 98.4 Å². The normalized spacial score (nSPS) is 10.7. The van der Waals surface area contributed by atoms with Crippen molar-refractivity contribution in [2.75, 3.05) is 25.0 Å². The van der Waals surface area contributed by atoms with E-state index in [1.807, 2.05) is 6.07 Å². The molecule has 1 heterocycles. The summed E-state index contributed by atoms with van der Waals surface area (Å²) >= 11 is 3.35. The summed E-state index contributed by atoms with van der Waals surface area (Å²) in [6.07, 6.45) is -0.214. The number of hydrogen-bond acceptors (Lipinski definition) is 5.